The topological polar surface area (TPSA) is 58.6 Å². The van der Waals surface area contributed by atoms with Crippen molar-refractivity contribution < 1.29 is 14.3 Å². The second kappa shape index (κ2) is 8.33. The quantitative estimate of drug-likeness (QED) is 0.910. The van der Waals surface area contributed by atoms with Crippen molar-refractivity contribution in [1.29, 1.82) is 0 Å². The van der Waals surface area contributed by atoms with Crippen molar-refractivity contribution in [3.8, 4) is 5.75 Å². The van der Waals surface area contributed by atoms with E-state index in [1.165, 1.54) is 6.42 Å². The van der Waals surface area contributed by atoms with Gasteiger partial charge in [0.25, 0.3) is 11.8 Å². The molecular weight excluding hydrogens is 316 g/mol. The number of hydrogen-bond acceptors (Lipinski definition) is 3. The molecule has 1 aliphatic heterocycles. The largest absolute Gasteiger partial charge is 0.483 e. The summed E-state index contributed by atoms with van der Waals surface area (Å²) < 4.78 is 5.66. The molecule has 0 radical (unpaired) electrons. The summed E-state index contributed by atoms with van der Waals surface area (Å²) in [6, 6.07) is 16.2. The maximum absolute atomic E-state index is 12.5. The Morgan fingerprint density at radius 1 is 0.920 bits per heavy atom. The molecule has 0 saturated carbocycles. The van der Waals surface area contributed by atoms with E-state index >= 15 is 0 Å². The summed E-state index contributed by atoms with van der Waals surface area (Å²) in [7, 11) is 0. The zero-order chi connectivity index (χ0) is 17.5. The summed E-state index contributed by atoms with van der Waals surface area (Å²) in [5.74, 6) is 0.131. The van der Waals surface area contributed by atoms with Gasteiger partial charge in [-0.15, -0.1) is 0 Å². The highest BCUT2D eigenvalue weighted by Gasteiger charge is 2.18. The SMILES string of the molecule is O=C(Nc1ccccc1)c1ccccc1OCC(=O)N1CCCCC1. The zero-order valence-electron chi connectivity index (χ0n) is 14.1. The molecule has 1 heterocycles. The van der Waals surface area contributed by atoms with Crippen molar-refractivity contribution in [2.45, 2.75) is 19.3 Å². The van der Waals surface area contributed by atoms with E-state index in [2.05, 4.69) is 5.32 Å². The Morgan fingerprint density at radius 3 is 2.36 bits per heavy atom. The van der Waals surface area contributed by atoms with Gasteiger partial charge < -0.3 is 15.0 Å². The fraction of sp³-hybridized carbons (Fsp3) is 0.300. The summed E-state index contributed by atoms with van der Waals surface area (Å²) in [6.45, 7) is 1.53. The molecule has 1 aliphatic rings. The first-order valence-electron chi connectivity index (χ1n) is 8.60. The van der Waals surface area contributed by atoms with Gasteiger partial charge >= 0.3 is 0 Å². The molecule has 5 heteroatoms. The highest BCUT2D eigenvalue weighted by molar-refractivity contribution is 6.06. The molecular formula is C20H22N2O3. The third-order valence-electron chi connectivity index (χ3n) is 4.22. The average molecular weight is 338 g/mol. The third-order valence-corrected chi connectivity index (χ3v) is 4.22. The molecule has 1 N–H and O–H groups in total. The summed E-state index contributed by atoms with van der Waals surface area (Å²) in [6.07, 6.45) is 3.26. The summed E-state index contributed by atoms with van der Waals surface area (Å²) in [5.41, 5.74) is 1.13. The number of hydrogen-bond donors (Lipinski definition) is 1. The molecule has 0 aliphatic carbocycles. The van der Waals surface area contributed by atoms with E-state index in [1.54, 1.807) is 24.3 Å². The smallest absolute Gasteiger partial charge is 0.260 e. The van der Waals surface area contributed by atoms with Crippen LogP contribution in [0.3, 0.4) is 0 Å². The first-order chi connectivity index (χ1) is 12.2. The van der Waals surface area contributed by atoms with E-state index in [0.29, 0.717) is 17.0 Å². The molecule has 25 heavy (non-hydrogen) atoms. The van der Waals surface area contributed by atoms with Crippen molar-refractivity contribution in [2.24, 2.45) is 0 Å². The highest BCUT2D eigenvalue weighted by Crippen LogP contribution is 2.20. The highest BCUT2D eigenvalue weighted by atomic mass is 16.5. The van der Waals surface area contributed by atoms with Gasteiger partial charge in [-0.25, -0.2) is 0 Å². The first-order valence-corrected chi connectivity index (χ1v) is 8.60. The second-order valence-corrected chi connectivity index (χ2v) is 6.05. The van der Waals surface area contributed by atoms with Crippen LogP contribution in [0.1, 0.15) is 29.6 Å². The lowest BCUT2D eigenvalue weighted by molar-refractivity contribution is -0.134. The fourth-order valence-corrected chi connectivity index (χ4v) is 2.87. The number of amides is 2. The van der Waals surface area contributed by atoms with Gasteiger partial charge in [-0.1, -0.05) is 30.3 Å². The van der Waals surface area contributed by atoms with E-state index < -0.39 is 0 Å². The normalized spacial score (nSPS) is 14.0. The number of benzene rings is 2. The molecule has 0 aromatic heterocycles. The number of rotatable bonds is 5. The van der Waals surface area contributed by atoms with Crippen LogP contribution in [0.25, 0.3) is 0 Å². The minimum Gasteiger partial charge on any atom is -0.483 e. The van der Waals surface area contributed by atoms with Crippen molar-refractivity contribution in [3.05, 3.63) is 60.2 Å². The van der Waals surface area contributed by atoms with Crippen molar-refractivity contribution in [2.75, 3.05) is 25.0 Å². The number of anilines is 1. The Kier molecular flexibility index (Phi) is 5.67. The monoisotopic (exact) mass is 338 g/mol. The van der Waals surface area contributed by atoms with Gasteiger partial charge in [-0.05, 0) is 43.5 Å². The van der Waals surface area contributed by atoms with E-state index in [0.717, 1.165) is 25.9 Å². The maximum atomic E-state index is 12.5. The Labute approximate surface area is 147 Å². The van der Waals surface area contributed by atoms with Crippen LogP contribution in [-0.2, 0) is 4.79 Å². The lowest BCUT2D eigenvalue weighted by Gasteiger charge is -2.26. The van der Waals surface area contributed by atoms with Gasteiger partial charge in [0, 0.05) is 18.8 Å². The van der Waals surface area contributed by atoms with Crippen LogP contribution in [0.5, 0.6) is 5.75 Å². The molecule has 2 aromatic rings. The molecule has 1 fully saturated rings. The van der Waals surface area contributed by atoms with Gasteiger partial charge in [0.1, 0.15) is 5.75 Å². The molecule has 2 amide bonds. The lowest BCUT2D eigenvalue weighted by atomic mass is 10.1. The van der Waals surface area contributed by atoms with Crippen molar-refractivity contribution in [3.63, 3.8) is 0 Å². The van der Waals surface area contributed by atoms with Gasteiger partial charge in [0.05, 0.1) is 5.56 Å². The van der Waals surface area contributed by atoms with Crippen LogP contribution in [-0.4, -0.2) is 36.4 Å². The van der Waals surface area contributed by atoms with Crippen LogP contribution < -0.4 is 10.1 Å². The minimum absolute atomic E-state index is 0.0297. The van der Waals surface area contributed by atoms with Gasteiger partial charge in [-0.2, -0.15) is 0 Å². The van der Waals surface area contributed by atoms with E-state index in [4.69, 9.17) is 4.74 Å². The second-order valence-electron chi connectivity index (χ2n) is 6.05. The van der Waals surface area contributed by atoms with Crippen LogP contribution in [0, 0.1) is 0 Å². The number of carbonyl (C=O) groups excluding carboxylic acids is 2. The standard InChI is InChI=1S/C20H22N2O3/c23-19(22-13-7-2-8-14-22)15-25-18-12-6-5-11-17(18)20(24)21-16-9-3-1-4-10-16/h1,3-6,9-12H,2,7-8,13-15H2,(H,21,24). The Bertz CT molecular complexity index is 725. The maximum Gasteiger partial charge on any atom is 0.260 e. The summed E-state index contributed by atoms with van der Waals surface area (Å²) >= 11 is 0. The number of piperidine rings is 1. The third kappa shape index (κ3) is 4.59. The van der Waals surface area contributed by atoms with E-state index in [9.17, 15) is 9.59 Å². The zero-order valence-corrected chi connectivity index (χ0v) is 14.1. The molecule has 5 nitrogen and oxygen atoms in total. The summed E-state index contributed by atoms with van der Waals surface area (Å²) in [4.78, 5) is 26.6. The van der Waals surface area contributed by atoms with Crippen LogP contribution in [0.2, 0.25) is 0 Å². The van der Waals surface area contributed by atoms with Gasteiger partial charge in [0.2, 0.25) is 0 Å². The number of ether oxygens (including phenoxy) is 1. The summed E-state index contributed by atoms with van der Waals surface area (Å²) in [5, 5.41) is 2.84. The molecule has 0 spiro atoms. The van der Waals surface area contributed by atoms with Crippen LogP contribution in [0.15, 0.2) is 54.6 Å². The average Bonchev–Trinajstić information content (AvgIpc) is 2.68. The number of para-hydroxylation sites is 2. The molecule has 1 saturated heterocycles. The van der Waals surface area contributed by atoms with Crippen molar-refractivity contribution >= 4 is 17.5 Å². The number of nitrogens with one attached hydrogen (secondary N) is 1. The molecule has 0 atom stereocenters. The molecule has 0 bridgehead atoms. The van der Waals surface area contributed by atoms with E-state index in [-0.39, 0.29) is 18.4 Å². The minimum atomic E-state index is -0.257. The predicted octanol–water partition coefficient (Wildman–Crippen LogP) is 3.33. The van der Waals surface area contributed by atoms with Crippen LogP contribution >= 0.6 is 0 Å². The van der Waals surface area contributed by atoms with Gasteiger partial charge in [0.15, 0.2) is 6.61 Å². The van der Waals surface area contributed by atoms with Crippen LogP contribution in [0.4, 0.5) is 5.69 Å². The lowest BCUT2D eigenvalue weighted by Crippen LogP contribution is -2.38. The number of nitrogens with zero attached hydrogens (tertiary/aromatic N) is 1. The number of carbonyl (C=O) groups is 2. The fourth-order valence-electron chi connectivity index (χ4n) is 2.87. The Balaban J connectivity index is 1.64. The Morgan fingerprint density at radius 2 is 1.60 bits per heavy atom. The predicted molar refractivity (Wildman–Crippen MR) is 96.8 cm³/mol. The molecule has 130 valence electrons. The number of likely N-dealkylation sites (tertiary alicyclic amines) is 1. The van der Waals surface area contributed by atoms with Crippen molar-refractivity contribution in [1.82, 2.24) is 4.90 Å². The molecule has 3 rings (SSSR count). The molecule has 0 unspecified atom stereocenters. The van der Waals surface area contributed by atoms with E-state index in [1.807, 2.05) is 35.2 Å². The Hall–Kier alpha value is -2.82. The van der Waals surface area contributed by atoms with Gasteiger partial charge in [-0.3, -0.25) is 9.59 Å². The molecule has 2 aromatic carbocycles. The first kappa shape index (κ1) is 17.0.